The smallest absolute Gasteiger partial charge is 0.146 e. The van der Waals surface area contributed by atoms with Gasteiger partial charge in [0.15, 0.2) is 0 Å². The summed E-state index contributed by atoms with van der Waals surface area (Å²) in [6.07, 6.45) is 1.19. The lowest BCUT2D eigenvalue weighted by Gasteiger charge is -2.24. The second kappa shape index (κ2) is 5.21. The van der Waals surface area contributed by atoms with Crippen molar-refractivity contribution in [1.82, 2.24) is 4.90 Å². The Morgan fingerprint density at radius 1 is 1.44 bits per heavy atom. The van der Waals surface area contributed by atoms with E-state index < -0.39 is 0 Å². The van der Waals surface area contributed by atoms with Gasteiger partial charge in [0, 0.05) is 18.7 Å². The monoisotopic (exact) mass is 220 g/mol. The van der Waals surface area contributed by atoms with Gasteiger partial charge >= 0.3 is 0 Å². The van der Waals surface area contributed by atoms with Crippen LogP contribution >= 0.6 is 0 Å². The van der Waals surface area contributed by atoms with Gasteiger partial charge < -0.3 is 15.0 Å². The third-order valence-electron chi connectivity index (χ3n) is 2.81. The molecule has 1 aromatic carbocycles. The molecule has 0 spiro atoms. The fourth-order valence-electron chi connectivity index (χ4n) is 2.11. The van der Waals surface area contributed by atoms with Crippen molar-refractivity contribution >= 4 is 5.69 Å². The minimum atomic E-state index is 0.765. The number of nitrogens with one attached hydrogen (secondary N) is 1. The summed E-state index contributed by atoms with van der Waals surface area (Å²) in [5.74, 6) is 1.04. The zero-order valence-electron chi connectivity index (χ0n) is 10.1. The van der Waals surface area contributed by atoms with E-state index in [1.807, 2.05) is 0 Å². The van der Waals surface area contributed by atoms with Gasteiger partial charge in [0.05, 0.1) is 5.69 Å². The first-order valence-corrected chi connectivity index (χ1v) is 5.98. The maximum atomic E-state index is 5.74. The molecule has 3 nitrogen and oxygen atoms in total. The molecular weight excluding hydrogens is 200 g/mol. The summed E-state index contributed by atoms with van der Waals surface area (Å²) >= 11 is 0. The van der Waals surface area contributed by atoms with Gasteiger partial charge in [-0.25, -0.2) is 0 Å². The van der Waals surface area contributed by atoms with Crippen LogP contribution in [0.1, 0.15) is 18.9 Å². The van der Waals surface area contributed by atoms with E-state index in [1.165, 1.54) is 12.0 Å². The Morgan fingerprint density at radius 3 is 3.12 bits per heavy atom. The third kappa shape index (κ3) is 2.47. The van der Waals surface area contributed by atoms with Crippen molar-refractivity contribution in [3.8, 4) is 5.75 Å². The molecule has 0 aliphatic carbocycles. The van der Waals surface area contributed by atoms with E-state index in [0.717, 1.165) is 37.7 Å². The first-order valence-electron chi connectivity index (χ1n) is 5.98. The van der Waals surface area contributed by atoms with Crippen molar-refractivity contribution in [3.05, 3.63) is 23.8 Å². The second-order valence-corrected chi connectivity index (χ2v) is 4.31. The molecule has 0 amide bonds. The number of nitrogens with zero attached hydrogens (tertiary/aromatic N) is 1. The highest BCUT2D eigenvalue weighted by molar-refractivity contribution is 5.61. The van der Waals surface area contributed by atoms with Crippen molar-refractivity contribution < 1.29 is 4.74 Å². The molecular formula is C13H20N2O. The maximum absolute atomic E-state index is 5.74. The van der Waals surface area contributed by atoms with Crippen molar-refractivity contribution in [2.75, 3.05) is 32.1 Å². The summed E-state index contributed by atoms with van der Waals surface area (Å²) in [6, 6.07) is 6.32. The summed E-state index contributed by atoms with van der Waals surface area (Å²) in [7, 11) is 2.15. The number of anilines is 1. The van der Waals surface area contributed by atoms with E-state index in [-0.39, 0.29) is 0 Å². The quantitative estimate of drug-likeness (QED) is 0.843. The Hall–Kier alpha value is -1.22. The van der Waals surface area contributed by atoms with Crippen molar-refractivity contribution in [3.63, 3.8) is 0 Å². The van der Waals surface area contributed by atoms with E-state index in [2.05, 4.69) is 42.4 Å². The first kappa shape index (κ1) is 11.3. The molecule has 1 heterocycles. The van der Waals surface area contributed by atoms with Crippen LogP contribution in [0.2, 0.25) is 0 Å². The van der Waals surface area contributed by atoms with Gasteiger partial charge in [-0.05, 0) is 26.1 Å². The van der Waals surface area contributed by atoms with E-state index in [0.29, 0.717) is 0 Å². The van der Waals surface area contributed by atoms with Gasteiger partial charge in [0.1, 0.15) is 12.4 Å². The lowest BCUT2D eigenvalue weighted by atomic mass is 10.1. The minimum absolute atomic E-state index is 0.765. The average molecular weight is 220 g/mol. The molecule has 1 N–H and O–H groups in total. The molecule has 2 rings (SSSR count). The third-order valence-corrected chi connectivity index (χ3v) is 2.81. The van der Waals surface area contributed by atoms with Crippen LogP contribution in [-0.4, -0.2) is 31.6 Å². The molecule has 0 fully saturated rings. The number of rotatable bonds is 4. The molecule has 16 heavy (non-hydrogen) atoms. The number of hydrogen-bond acceptors (Lipinski definition) is 3. The standard InChI is InChI=1S/C13H20N2O/c1-3-8-15(2)10-11-5-4-6-12-13(11)16-9-7-14-12/h4-6,14H,3,7-10H2,1-2H3. The fourth-order valence-corrected chi connectivity index (χ4v) is 2.11. The zero-order chi connectivity index (χ0) is 11.4. The average Bonchev–Trinajstić information content (AvgIpc) is 2.30. The molecule has 0 radical (unpaired) electrons. The fraction of sp³-hybridized carbons (Fsp3) is 0.538. The van der Waals surface area contributed by atoms with Crippen LogP contribution < -0.4 is 10.1 Å². The van der Waals surface area contributed by atoms with Crippen LogP contribution in [0.25, 0.3) is 0 Å². The SMILES string of the molecule is CCCN(C)Cc1cccc2c1OCCN2. The predicted octanol–water partition coefficient (Wildman–Crippen LogP) is 2.33. The Kier molecular flexibility index (Phi) is 3.67. The van der Waals surface area contributed by atoms with Crippen LogP contribution in [0.3, 0.4) is 0 Å². The van der Waals surface area contributed by atoms with Crippen LogP contribution in [0.15, 0.2) is 18.2 Å². The van der Waals surface area contributed by atoms with Crippen molar-refractivity contribution in [2.24, 2.45) is 0 Å². The largest absolute Gasteiger partial charge is 0.489 e. The van der Waals surface area contributed by atoms with Crippen LogP contribution in [0.4, 0.5) is 5.69 Å². The lowest BCUT2D eigenvalue weighted by Crippen LogP contribution is -2.22. The highest BCUT2D eigenvalue weighted by atomic mass is 16.5. The van der Waals surface area contributed by atoms with Gasteiger partial charge in [-0.15, -0.1) is 0 Å². The second-order valence-electron chi connectivity index (χ2n) is 4.31. The molecule has 0 unspecified atom stereocenters. The topological polar surface area (TPSA) is 24.5 Å². The highest BCUT2D eigenvalue weighted by Gasteiger charge is 2.14. The summed E-state index contributed by atoms with van der Waals surface area (Å²) in [6.45, 7) is 5.95. The van der Waals surface area contributed by atoms with Crippen LogP contribution in [-0.2, 0) is 6.54 Å². The normalized spacial score (nSPS) is 14.2. The molecule has 0 saturated heterocycles. The van der Waals surface area contributed by atoms with Crippen LogP contribution in [0.5, 0.6) is 5.75 Å². The summed E-state index contributed by atoms with van der Waals surface area (Å²) < 4.78 is 5.74. The minimum Gasteiger partial charge on any atom is -0.489 e. The Labute approximate surface area is 97.4 Å². The van der Waals surface area contributed by atoms with Gasteiger partial charge in [0.25, 0.3) is 0 Å². The van der Waals surface area contributed by atoms with E-state index in [1.54, 1.807) is 0 Å². The molecule has 1 aliphatic heterocycles. The Bertz CT molecular complexity index is 352. The number of benzene rings is 1. The molecule has 0 saturated carbocycles. The summed E-state index contributed by atoms with van der Waals surface area (Å²) in [5, 5.41) is 3.36. The zero-order valence-corrected chi connectivity index (χ0v) is 10.1. The number of ether oxygens (including phenoxy) is 1. The van der Waals surface area contributed by atoms with E-state index in [4.69, 9.17) is 4.74 Å². The number of fused-ring (bicyclic) bond motifs is 1. The summed E-state index contributed by atoms with van der Waals surface area (Å²) in [5.41, 5.74) is 2.41. The number of para-hydroxylation sites is 1. The molecule has 88 valence electrons. The Balaban J connectivity index is 2.14. The highest BCUT2D eigenvalue weighted by Crippen LogP contribution is 2.31. The van der Waals surface area contributed by atoms with Crippen molar-refractivity contribution in [1.29, 1.82) is 0 Å². The van der Waals surface area contributed by atoms with E-state index in [9.17, 15) is 0 Å². The van der Waals surface area contributed by atoms with Gasteiger partial charge in [-0.2, -0.15) is 0 Å². The van der Waals surface area contributed by atoms with Gasteiger partial charge in [0.2, 0.25) is 0 Å². The van der Waals surface area contributed by atoms with Crippen LogP contribution in [0, 0.1) is 0 Å². The molecule has 1 aromatic rings. The molecule has 0 aromatic heterocycles. The number of hydrogen-bond donors (Lipinski definition) is 1. The summed E-state index contributed by atoms with van der Waals surface area (Å²) in [4.78, 5) is 2.33. The van der Waals surface area contributed by atoms with Gasteiger partial charge in [-0.3, -0.25) is 0 Å². The Morgan fingerprint density at radius 2 is 2.31 bits per heavy atom. The molecule has 1 aliphatic rings. The maximum Gasteiger partial charge on any atom is 0.146 e. The molecule has 0 bridgehead atoms. The van der Waals surface area contributed by atoms with E-state index >= 15 is 0 Å². The van der Waals surface area contributed by atoms with Gasteiger partial charge in [-0.1, -0.05) is 19.1 Å². The lowest BCUT2D eigenvalue weighted by molar-refractivity contribution is 0.295. The molecule has 0 atom stereocenters. The molecule has 3 heteroatoms. The predicted molar refractivity (Wildman–Crippen MR) is 67.1 cm³/mol. The van der Waals surface area contributed by atoms with Crippen molar-refractivity contribution in [2.45, 2.75) is 19.9 Å². The first-order chi connectivity index (χ1) is 7.81.